The molecule has 1 heteroatoms. The van der Waals surface area contributed by atoms with Gasteiger partial charge in [-0.2, -0.15) is 0 Å². The third kappa shape index (κ3) is 6.22. The minimum absolute atomic E-state index is 0.273. The van der Waals surface area contributed by atoms with Crippen LogP contribution in [-0.2, 0) is 4.74 Å². The Balaban J connectivity index is 1.35. The van der Waals surface area contributed by atoms with E-state index < -0.39 is 0 Å². The summed E-state index contributed by atoms with van der Waals surface area (Å²) in [6.07, 6.45) is 26.4. The van der Waals surface area contributed by atoms with Crippen molar-refractivity contribution in [2.24, 2.45) is 23.7 Å². The van der Waals surface area contributed by atoms with Crippen LogP contribution < -0.4 is 0 Å². The first kappa shape index (κ1) is 21.7. The van der Waals surface area contributed by atoms with Crippen molar-refractivity contribution in [1.82, 2.24) is 0 Å². The summed E-state index contributed by atoms with van der Waals surface area (Å²) in [5.41, 5.74) is 0.273. The van der Waals surface area contributed by atoms with Crippen molar-refractivity contribution in [3.05, 3.63) is 0 Å². The summed E-state index contributed by atoms with van der Waals surface area (Å²) in [6, 6.07) is 0. The second kappa shape index (κ2) is 11.2. The lowest BCUT2D eigenvalue weighted by molar-refractivity contribution is -0.117. The Morgan fingerprint density at radius 3 is 1.70 bits per heavy atom. The highest BCUT2D eigenvalue weighted by Gasteiger charge is 2.41. The molecule has 27 heavy (non-hydrogen) atoms. The van der Waals surface area contributed by atoms with E-state index in [9.17, 15) is 0 Å². The average Bonchev–Trinajstić information content (AvgIpc) is 2.73. The molecule has 3 saturated carbocycles. The highest BCUT2D eigenvalue weighted by Crippen LogP contribution is 2.46. The molecule has 0 aliphatic heterocycles. The fraction of sp³-hybridized carbons (Fsp3) is 1.00. The SMILES string of the molecule is CCCCC1CCC(CCC2CCC(C3(OCC)CCCCC3)CC2)CC1. The van der Waals surface area contributed by atoms with Crippen molar-refractivity contribution in [3.8, 4) is 0 Å². The van der Waals surface area contributed by atoms with Gasteiger partial charge < -0.3 is 4.74 Å². The van der Waals surface area contributed by atoms with E-state index >= 15 is 0 Å². The smallest absolute Gasteiger partial charge is 0.0710 e. The highest BCUT2D eigenvalue weighted by molar-refractivity contribution is 4.93. The van der Waals surface area contributed by atoms with Crippen LogP contribution in [0.5, 0.6) is 0 Å². The molecule has 0 bridgehead atoms. The topological polar surface area (TPSA) is 9.23 Å². The fourth-order valence-corrected chi connectivity index (χ4v) is 6.86. The third-order valence-corrected chi connectivity index (χ3v) is 8.64. The molecule has 158 valence electrons. The summed E-state index contributed by atoms with van der Waals surface area (Å²) in [4.78, 5) is 0. The summed E-state index contributed by atoms with van der Waals surface area (Å²) >= 11 is 0. The highest BCUT2D eigenvalue weighted by atomic mass is 16.5. The molecule has 0 aromatic heterocycles. The van der Waals surface area contributed by atoms with E-state index in [-0.39, 0.29) is 5.60 Å². The fourth-order valence-electron chi connectivity index (χ4n) is 6.86. The molecule has 0 radical (unpaired) electrons. The van der Waals surface area contributed by atoms with Crippen LogP contribution in [0.25, 0.3) is 0 Å². The van der Waals surface area contributed by atoms with E-state index in [1.807, 2.05) is 0 Å². The van der Waals surface area contributed by atoms with Crippen LogP contribution in [0.4, 0.5) is 0 Å². The van der Waals surface area contributed by atoms with Gasteiger partial charge in [0.1, 0.15) is 0 Å². The van der Waals surface area contributed by atoms with E-state index in [0.717, 1.165) is 30.3 Å². The van der Waals surface area contributed by atoms with Gasteiger partial charge >= 0.3 is 0 Å². The van der Waals surface area contributed by atoms with Crippen molar-refractivity contribution < 1.29 is 4.74 Å². The van der Waals surface area contributed by atoms with Crippen molar-refractivity contribution >= 4 is 0 Å². The van der Waals surface area contributed by atoms with Gasteiger partial charge in [0.25, 0.3) is 0 Å². The predicted molar refractivity (Wildman–Crippen MR) is 117 cm³/mol. The molecule has 0 saturated heterocycles. The number of rotatable bonds is 9. The first-order valence-electron chi connectivity index (χ1n) is 12.9. The Morgan fingerprint density at radius 1 is 0.667 bits per heavy atom. The van der Waals surface area contributed by atoms with E-state index in [0.29, 0.717) is 0 Å². The molecule has 0 amide bonds. The minimum atomic E-state index is 0.273. The van der Waals surface area contributed by atoms with E-state index in [4.69, 9.17) is 4.74 Å². The molecule has 0 atom stereocenters. The summed E-state index contributed by atoms with van der Waals surface area (Å²) in [6.45, 7) is 5.46. The molecular weight excluding hydrogens is 328 g/mol. The number of unbranched alkanes of at least 4 members (excludes halogenated alkanes) is 1. The molecule has 3 rings (SSSR count). The normalized spacial score (nSPS) is 34.4. The van der Waals surface area contributed by atoms with Crippen LogP contribution in [0.2, 0.25) is 0 Å². The van der Waals surface area contributed by atoms with Gasteiger partial charge in [0, 0.05) is 6.61 Å². The summed E-state index contributed by atoms with van der Waals surface area (Å²) in [7, 11) is 0. The Kier molecular flexibility index (Phi) is 9.01. The van der Waals surface area contributed by atoms with Gasteiger partial charge in [0.05, 0.1) is 5.60 Å². The molecule has 0 unspecified atom stereocenters. The van der Waals surface area contributed by atoms with Crippen LogP contribution in [0.15, 0.2) is 0 Å². The van der Waals surface area contributed by atoms with Gasteiger partial charge in [-0.05, 0) is 56.3 Å². The maximum Gasteiger partial charge on any atom is 0.0710 e. The zero-order valence-corrected chi connectivity index (χ0v) is 18.7. The van der Waals surface area contributed by atoms with E-state index in [2.05, 4.69) is 13.8 Å². The summed E-state index contributed by atoms with van der Waals surface area (Å²) in [5, 5.41) is 0. The second-order valence-electron chi connectivity index (χ2n) is 10.4. The molecule has 0 spiro atoms. The monoisotopic (exact) mass is 376 g/mol. The zero-order valence-electron chi connectivity index (χ0n) is 18.7. The van der Waals surface area contributed by atoms with Crippen LogP contribution in [0.3, 0.4) is 0 Å². The largest absolute Gasteiger partial charge is 0.375 e. The average molecular weight is 377 g/mol. The Bertz CT molecular complexity index is 376. The zero-order chi connectivity index (χ0) is 19.0. The van der Waals surface area contributed by atoms with Gasteiger partial charge in [-0.25, -0.2) is 0 Å². The molecule has 3 fully saturated rings. The molecule has 1 nitrogen and oxygen atoms in total. The van der Waals surface area contributed by atoms with Crippen molar-refractivity contribution in [3.63, 3.8) is 0 Å². The number of hydrogen-bond acceptors (Lipinski definition) is 1. The Morgan fingerprint density at radius 2 is 1.19 bits per heavy atom. The minimum Gasteiger partial charge on any atom is -0.375 e. The molecule has 0 heterocycles. The van der Waals surface area contributed by atoms with Gasteiger partial charge in [-0.1, -0.05) is 96.8 Å². The first-order valence-corrected chi connectivity index (χ1v) is 12.9. The quantitative estimate of drug-likeness (QED) is 0.393. The molecular formula is C26H48O. The lowest BCUT2D eigenvalue weighted by atomic mass is 9.67. The molecule has 0 N–H and O–H groups in total. The van der Waals surface area contributed by atoms with Crippen LogP contribution in [0.1, 0.15) is 129 Å². The maximum absolute atomic E-state index is 6.44. The predicted octanol–water partition coefficient (Wildman–Crippen LogP) is 8.31. The Hall–Kier alpha value is -0.0400. The Labute approximate surface area is 170 Å². The van der Waals surface area contributed by atoms with Crippen LogP contribution in [-0.4, -0.2) is 12.2 Å². The van der Waals surface area contributed by atoms with Crippen LogP contribution in [0, 0.1) is 23.7 Å². The maximum atomic E-state index is 6.44. The summed E-state index contributed by atoms with van der Waals surface area (Å²) < 4.78 is 6.44. The number of ether oxygens (including phenoxy) is 1. The third-order valence-electron chi connectivity index (χ3n) is 8.64. The number of hydrogen-bond donors (Lipinski definition) is 0. The van der Waals surface area contributed by atoms with Crippen molar-refractivity contribution in [1.29, 1.82) is 0 Å². The van der Waals surface area contributed by atoms with E-state index in [1.165, 1.54) is 116 Å². The van der Waals surface area contributed by atoms with Gasteiger partial charge in [-0.15, -0.1) is 0 Å². The van der Waals surface area contributed by atoms with Crippen LogP contribution >= 0.6 is 0 Å². The summed E-state index contributed by atoms with van der Waals surface area (Å²) in [5.74, 6) is 4.03. The van der Waals surface area contributed by atoms with Gasteiger partial charge in [0.2, 0.25) is 0 Å². The van der Waals surface area contributed by atoms with Crippen molar-refractivity contribution in [2.75, 3.05) is 6.61 Å². The van der Waals surface area contributed by atoms with Crippen molar-refractivity contribution in [2.45, 2.75) is 135 Å². The van der Waals surface area contributed by atoms with Gasteiger partial charge in [-0.3, -0.25) is 0 Å². The molecule has 0 aromatic rings. The van der Waals surface area contributed by atoms with E-state index in [1.54, 1.807) is 0 Å². The molecule has 3 aliphatic rings. The lowest BCUT2D eigenvalue weighted by Gasteiger charge is -2.46. The molecule has 0 aromatic carbocycles. The van der Waals surface area contributed by atoms with Gasteiger partial charge in [0.15, 0.2) is 0 Å². The first-order chi connectivity index (χ1) is 13.3. The lowest BCUT2D eigenvalue weighted by Crippen LogP contribution is -2.44. The second-order valence-corrected chi connectivity index (χ2v) is 10.4. The standard InChI is InChI=1S/C26H48O/c1-3-5-9-22-10-12-23(13-11-22)14-15-24-16-18-25(19-17-24)26(27-4-2)20-7-6-8-21-26/h22-25H,3-21H2,1-2H3. The molecule has 3 aliphatic carbocycles.